The predicted octanol–water partition coefficient (Wildman–Crippen LogP) is 1.37. The first-order valence-electron chi connectivity index (χ1n) is 9.53. The van der Waals surface area contributed by atoms with Gasteiger partial charge < -0.3 is 15.0 Å². The number of ether oxygens (including phenoxy) is 1. The molecule has 0 spiro atoms. The van der Waals surface area contributed by atoms with Gasteiger partial charge in [0, 0.05) is 31.9 Å². The van der Waals surface area contributed by atoms with Gasteiger partial charge in [-0.25, -0.2) is 12.7 Å². The fraction of sp³-hybridized carbons (Fsp3) is 0.632. The Morgan fingerprint density at radius 1 is 1.19 bits per heavy atom. The van der Waals surface area contributed by atoms with Crippen LogP contribution in [0.5, 0.6) is 0 Å². The van der Waals surface area contributed by atoms with Crippen molar-refractivity contribution in [2.75, 3.05) is 50.5 Å². The van der Waals surface area contributed by atoms with Gasteiger partial charge in [-0.2, -0.15) is 0 Å². The van der Waals surface area contributed by atoms with Crippen molar-refractivity contribution in [1.29, 1.82) is 0 Å². The van der Waals surface area contributed by atoms with E-state index in [0.717, 1.165) is 44.0 Å². The highest BCUT2D eigenvalue weighted by atomic mass is 32.2. The highest BCUT2D eigenvalue weighted by Gasteiger charge is 2.30. The number of sulfonamides is 1. The monoisotopic (exact) mass is 395 g/mol. The van der Waals surface area contributed by atoms with Crippen molar-refractivity contribution in [2.24, 2.45) is 5.92 Å². The number of nitrogens with one attached hydrogen (secondary N) is 1. The summed E-state index contributed by atoms with van der Waals surface area (Å²) in [6.07, 6.45) is 2.64. The van der Waals surface area contributed by atoms with Gasteiger partial charge in [-0.1, -0.05) is 12.1 Å². The second-order valence-electron chi connectivity index (χ2n) is 7.38. The van der Waals surface area contributed by atoms with Crippen LogP contribution in [0.15, 0.2) is 24.3 Å². The van der Waals surface area contributed by atoms with Crippen LogP contribution in [0.1, 0.15) is 31.4 Å². The van der Waals surface area contributed by atoms with Gasteiger partial charge in [0.2, 0.25) is 15.9 Å². The normalized spacial score (nSPS) is 23.0. The summed E-state index contributed by atoms with van der Waals surface area (Å²) in [7, 11) is -3.25. The number of hydrogen-bond donors (Lipinski definition) is 1. The smallest absolute Gasteiger partial charge is 0.224 e. The zero-order valence-corrected chi connectivity index (χ0v) is 16.9. The van der Waals surface area contributed by atoms with Crippen LogP contribution >= 0.6 is 0 Å². The van der Waals surface area contributed by atoms with E-state index in [4.69, 9.17) is 4.74 Å². The average Bonchev–Trinajstić information content (AvgIpc) is 2.68. The lowest BCUT2D eigenvalue weighted by Crippen LogP contribution is -2.45. The Kier molecular flexibility index (Phi) is 6.39. The zero-order chi connectivity index (χ0) is 19.4. The topological polar surface area (TPSA) is 79.0 Å². The maximum absolute atomic E-state index is 12.6. The number of amides is 1. The molecule has 0 saturated carbocycles. The fourth-order valence-electron chi connectivity index (χ4n) is 3.67. The molecular formula is C19H29N3O4S. The molecule has 1 amide bonds. The van der Waals surface area contributed by atoms with Crippen molar-refractivity contribution in [2.45, 2.75) is 25.8 Å². The Morgan fingerprint density at radius 2 is 1.85 bits per heavy atom. The van der Waals surface area contributed by atoms with Gasteiger partial charge in [0.05, 0.1) is 31.4 Å². The molecule has 0 aromatic heterocycles. The summed E-state index contributed by atoms with van der Waals surface area (Å²) in [6.45, 7) is 6.02. The SMILES string of the molecule is C[C@@H](NC(=O)[C@@H]1CCCN(S(C)(=O)=O)C1)c1ccc(N2CCOCC2)cc1. The number of benzene rings is 1. The first kappa shape index (κ1) is 20.1. The summed E-state index contributed by atoms with van der Waals surface area (Å²) in [5.74, 6) is -0.364. The van der Waals surface area contributed by atoms with Gasteiger partial charge >= 0.3 is 0 Å². The number of anilines is 1. The minimum Gasteiger partial charge on any atom is -0.378 e. The third kappa shape index (κ3) is 5.21. The minimum absolute atomic E-state index is 0.0758. The van der Waals surface area contributed by atoms with E-state index >= 15 is 0 Å². The third-order valence-electron chi connectivity index (χ3n) is 5.35. The first-order chi connectivity index (χ1) is 12.8. The predicted molar refractivity (Wildman–Crippen MR) is 105 cm³/mol. The molecule has 7 nitrogen and oxygen atoms in total. The number of morpholine rings is 1. The summed E-state index contributed by atoms with van der Waals surface area (Å²) in [4.78, 5) is 14.9. The van der Waals surface area contributed by atoms with Crippen molar-refractivity contribution in [3.63, 3.8) is 0 Å². The van der Waals surface area contributed by atoms with Crippen LogP contribution in [0, 0.1) is 5.92 Å². The van der Waals surface area contributed by atoms with E-state index in [1.54, 1.807) is 0 Å². The van der Waals surface area contributed by atoms with E-state index in [1.165, 1.54) is 10.6 Å². The molecule has 2 aliphatic heterocycles. The molecule has 2 atom stereocenters. The average molecular weight is 396 g/mol. The molecule has 0 bridgehead atoms. The molecule has 1 aromatic carbocycles. The van der Waals surface area contributed by atoms with Crippen LogP contribution in [0.4, 0.5) is 5.69 Å². The molecule has 1 N–H and O–H groups in total. The Bertz CT molecular complexity index is 745. The molecule has 2 saturated heterocycles. The Hall–Kier alpha value is -1.64. The van der Waals surface area contributed by atoms with E-state index in [9.17, 15) is 13.2 Å². The Labute approximate surface area is 161 Å². The third-order valence-corrected chi connectivity index (χ3v) is 6.62. The molecule has 0 radical (unpaired) electrons. The number of carbonyl (C=O) groups excluding carboxylic acids is 1. The largest absolute Gasteiger partial charge is 0.378 e. The molecule has 150 valence electrons. The lowest BCUT2D eigenvalue weighted by atomic mass is 9.98. The molecule has 0 unspecified atom stereocenters. The quantitative estimate of drug-likeness (QED) is 0.815. The van der Waals surface area contributed by atoms with Crippen molar-refractivity contribution in [3.05, 3.63) is 29.8 Å². The zero-order valence-electron chi connectivity index (χ0n) is 16.1. The molecule has 3 rings (SSSR count). The minimum atomic E-state index is -3.25. The second kappa shape index (κ2) is 8.58. The lowest BCUT2D eigenvalue weighted by molar-refractivity contribution is -0.126. The summed E-state index contributed by atoms with van der Waals surface area (Å²) in [6, 6.07) is 8.12. The van der Waals surface area contributed by atoms with Crippen LogP contribution in [0.25, 0.3) is 0 Å². The molecule has 1 aromatic rings. The van der Waals surface area contributed by atoms with Gasteiger partial charge in [-0.05, 0) is 37.5 Å². The number of piperidine rings is 1. The van der Waals surface area contributed by atoms with Gasteiger partial charge in [0.1, 0.15) is 0 Å². The van der Waals surface area contributed by atoms with Gasteiger partial charge in [0.15, 0.2) is 0 Å². The van der Waals surface area contributed by atoms with E-state index < -0.39 is 10.0 Å². The van der Waals surface area contributed by atoms with Crippen LogP contribution in [-0.4, -0.2) is 64.3 Å². The molecule has 27 heavy (non-hydrogen) atoms. The molecule has 2 heterocycles. The molecule has 2 fully saturated rings. The highest BCUT2D eigenvalue weighted by Crippen LogP contribution is 2.22. The summed E-state index contributed by atoms with van der Waals surface area (Å²) >= 11 is 0. The maximum Gasteiger partial charge on any atom is 0.224 e. The van der Waals surface area contributed by atoms with Crippen LogP contribution in [0.2, 0.25) is 0 Å². The number of hydrogen-bond acceptors (Lipinski definition) is 5. The van der Waals surface area contributed by atoms with E-state index in [-0.39, 0.29) is 24.4 Å². The van der Waals surface area contributed by atoms with E-state index in [1.807, 2.05) is 19.1 Å². The number of carbonyl (C=O) groups is 1. The standard InChI is InChI=1S/C19H29N3O4S/c1-15(16-5-7-18(8-6-16)21-10-12-26-13-11-21)20-19(23)17-4-3-9-22(14-17)27(2,24)25/h5-8,15,17H,3-4,9-14H2,1-2H3,(H,20,23)/t15-,17-/m1/s1. The number of rotatable bonds is 5. The van der Waals surface area contributed by atoms with Crippen molar-refractivity contribution >= 4 is 21.6 Å². The summed E-state index contributed by atoms with van der Waals surface area (Å²) in [5, 5.41) is 3.04. The van der Waals surface area contributed by atoms with Crippen molar-refractivity contribution < 1.29 is 17.9 Å². The fourth-order valence-corrected chi connectivity index (χ4v) is 4.58. The Balaban J connectivity index is 1.57. The molecular weight excluding hydrogens is 366 g/mol. The highest BCUT2D eigenvalue weighted by molar-refractivity contribution is 7.88. The second-order valence-corrected chi connectivity index (χ2v) is 9.36. The van der Waals surface area contributed by atoms with Crippen LogP contribution in [-0.2, 0) is 19.6 Å². The molecule has 2 aliphatic rings. The van der Waals surface area contributed by atoms with Gasteiger partial charge in [0.25, 0.3) is 0 Å². The van der Waals surface area contributed by atoms with Gasteiger partial charge in [-0.15, -0.1) is 0 Å². The summed E-state index contributed by atoms with van der Waals surface area (Å²) in [5.41, 5.74) is 2.20. The molecule has 0 aliphatic carbocycles. The van der Waals surface area contributed by atoms with Gasteiger partial charge in [-0.3, -0.25) is 4.79 Å². The number of nitrogens with zero attached hydrogens (tertiary/aromatic N) is 2. The maximum atomic E-state index is 12.6. The first-order valence-corrected chi connectivity index (χ1v) is 11.4. The van der Waals surface area contributed by atoms with Crippen molar-refractivity contribution in [1.82, 2.24) is 9.62 Å². The van der Waals surface area contributed by atoms with Crippen LogP contribution in [0.3, 0.4) is 0 Å². The lowest BCUT2D eigenvalue weighted by Gasteiger charge is -2.31. The summed E-state index contributed by atoms with van der Waals surface area (Å²) < 4.78 is 30.3. The van der Waals surface area contributed by atoms with Crippen molar-refractivity contribution in [3.8, 4) is 0 Å². The Morgan fingerprint density at radius 3 is 2.48 bits per heavy atom. The van der Waals surface area contributed by atoms with E-state index in [0.29, 0.717) is 13.0 Å². The molecule has 8 heteroatoms. The van der Waals surface area contributed by atoms with E-state index in [2.05, 4.69) is 22.3 Å². The van der Waals surface area contributed by atoms with Crippen LogP contribution < -0.4 is 10.2 Å².